The van der Waals surface area contributed by atoms with Crippen molar-refractivity contribution in [3.05, 3.63) is 30.1 Å². The lowest BCUT2D eigenvalue weighted by atomic mass is 9.95. The molecule has 3 saturated heterocycles. The molecule has 3 aliphatic heterocycles. The fraction of sp³-hybridized carbons (Fsp3) is 0.680. The van der Waals surface area contributed by atoms with Gasteiger partial charge in [0, 0.05) is 25.3 Å². The van der Waals surface area contributed by atoms with E-state index in [2.05, 4.69) is 15.5 Å². The lowest BCUT2D eigenvalue weighted by Crippen LogP contribution is -2.58. The van der Waals surface area contributed by atoms with Crippen LogP contribution < -0.4 is 10.6 Å². The number of nitrogens with zero attached hydrogens (tertiary/aromatic N) is 2. The van der Waals surface area contributed by atoms with E-state index >= 15 is 0 Å². The zero-order chi connectivity index (χ0) is 25.3. The Morgan fingerprint density at radius 1 is 1.14 bits per heavy atom. The number of hydrogen-bond donors (Lipinski definition) is 3. The SMILES string of the molecule is O=C(C[C@@H]1CC[C@H]2[C@@H](COC[C@@H](O)CN2C(=O)Nc2cccc(F)c2)O1)NCCCN1CCOCC1. The topological polar surface area (TPSA) is 113 Å². The number of hydrogen-bond acceptors (Lipinski definition) is 7. The Bertz CT molecular complexity index is 871. The Balaban J connectivity index is 1.27. The first-order chi connectivity index (χ1) is 17.5. The highest BCUT2D eigenvalue weighted by Crippen LogP contribution is 2.28. The molecule has 4 rings (SSSR count). The summed E-state index contributed by atoms with van der Waals surface area (Å²) in [6.45, 7) is 5.30. The molecule has 0 aromatic heterocycles. The quantitative estimate of drug-likeness (QED) is 0.475. The van der Waals surface area contributed by atoms with Gasteiger partial charge in [-0.2, -0.15) is 0 Å². The zero-order valence-corrected chi connectivity index (χ0v) is 20.6. The van der Waals surface area contributed by atoms with Gasteiger partial charge < -0.3 is 34.9 Å². The third-order valence-corrected chi connectivity index (χ3v) is 6.81. The van der Waals surface area contributed by atoms with Gasteiger partial charge in [0.05, 0.1) is 57.6 Å². The zero-order valence-electron chi connectivity index (χ0n) is 20.6. The van der Waals surface area contributed by atoms with Crippen molar-refractivity contribution in [1.29, 1.82) is 0 Å². The largest absolute Gasteiger partial charge is 0.389 e. The summed E-state index contributed by atoms with van der Waals surface area (Å²) in [4.78, 5) is 29.5. The number of halogens is 1. The van der Waals surface area contributed by atoms with Gasteiger partial charge in [0.25, 0.3) is 0 Å². The normalized spacial score (nSPS) is 27.4. The molecule has 11 heteroatoms. The summed E-state index contributed by atoms with van der Waals surface area (Å²) < 4.78 is 30.7. The lowest BCUT2D eigenvalue weighted by Gasteiger charge is -2.44. The van der Waals surface area contributed by atoms with E-state index in [0.29, 0.717) is 25.1 Å². The van der Waals surface area contributed by atoms with Crippen LogP contribution in [0.5, 0.6) is 0 Å². The van der Waals surface area contributed by atoms with E-state index in [0.717, 1.165) is 39.3 Å². The Hall–Kier alpha value is -2.31. The maximum Gasteiger partial charge on any atom is 0.322 e. The van der Waals surface area contributed by atoms with Crippen LogP contribution in [-0.2, 0) is 19.0 Å². The van der Waals surface area contributed by atoms with Gasteiger partial charge >= 0.3 is 6.03 Å². The van der Waals surface area contributed by atoms with Crippen LogP contribution in [0.4, 0.5) is 14.9 Å². The number of carbonyl (C=O) groups is 2. The number of amides is 3. The standard InChI is InChI=1S/C25H37FN4O6/c26-18-3-1-4-19(13-18)28-25(33)30-15-20(31)16-35-17-23-22(30)6-5-21(36-23)14-24(32)27-7-2-8-29-9-11-34-12-10-29/h1,3-4,13,20-23,31H,2,5-12,14-17H2,(H,27,32)(H,28,33)/t20-,21-,22-,23+/m0/s1. The van der Waals surface area contributed by atoms with Crippen molar-refractivity contribution in [2.45, 2.75) is 50.0 Å². The highest BCUT2D eigenvalue weighted by molar-refractivity contribution is 5.89. The summed E-state index contributed by atoms with van der Waals surface area (Å²) >= 11 is 0. The molecule has 3 amide bonds. The molecular formula is C25H37FN4O6. The van der Waals surface area contributed by atoms with Crippen molar-refractivity contribution in [3.63, 3.8) is 0 Å². The minimum Gasteiger partial charge on any atom is -0.389 e. The van der Waals surface area contributed by atoms with Crippen LogP contribution in [0.1, 0.15) is 25.7 Å². The lowest BCUT2D eigenvalue weighted by molar-refractivity contribution is -0.149. The van der Waals surface area contributed by atoms with Crippen molar-refractivity contribution in [3.8, 4) is 0 Å². The Morgan fingerprint density at radius 3 is 2.78 bits per heavy atom. The van der Waals surface area contributed by atoms with Gasteiger partial charge in [0.1, 0.15) is 11.9 Å². The van der Waals surface area contributed by atoms with Crippen molar-refractivity contribution in [2.24, 2.45) is 0 Å². The van der Waals surface area contributed by atoms with Crippen molar-refractivity contribution in [2.75, 3.05) is 64.5 Å². The van der Waals surface area contributed by atoms with E-state index in [1.807, 2.05) is 0 Å². The average Bonchev–Trinajstić information content (AvgIpc) is 2.85. The number of morpholine rings is 1. The summed E-state index contributed by atoms with van der Waals surface area (Å²) in [5.74, 6) is -0.502. The van der Waals surface area contributed by atoms with E-state index in [4.69, 9.17) is 14.2 Å². The number of carbonyl (C=O) groups excluding carboxylic acids is 2. The number of fused-ring (bicyclic) bond motifs is 1. The van der Waals surface area contributed by atoms with E-state index in [1.54, 1.807) is 11.0 Å². The van der Waals surface area contributed by atoms with Crippen LogP contribution in [-0.4, -0.2) is 110 Å². The number of aliphatic hydroxyl groups excluding tert-OH is 1. The molecule has 0 bridgehead atoms. The minimum atomic E-state index is -0.842. The molecule has 0 spiro atoms. The Morgan fingerprint density at radius 2 is 1.97 bits per heavy atom. The van der Waals surface area contributed by atoms with Crippen LogP contribution in [0.3, 0.4) is 0 Å². The number of nitrogens with one attached hydrogen (secondary N) is 2. The van der Waals surface area contributed by atoms with E-state index in [1.165, 1.54) is 18.2 Å². The first-order valence-electron chi connectivity index (χ1n) is 12.8. The molecule has 3 fully saturated rings. The molecule has 1 aromatic rings. The second-order valence-electron chi connectivity index (χ2n) is 9.59. The second-order valence-corrected chi connectivity index (χ2v) is 9.59. The molecule has 3 heterocycles. The van der Waals surface area contributed by atoms with Crippen LogP contribution in [0.15, 0.2) is 24.3 Å². The summed E-state index contributed by atoms with van der Waals surface area (Å²) in [7, 11) is 0. The molecule has 3 aliphatic rings. The van der Waals surface area contributed by atoms with E-state index in [9.17, 15) is 19.1 Å². The summed E-state index contributed by atoms with van der Waals surface area (Å²) in [6, 6.07) is 4.91. The smallest absolute Gasteiger partial charge is 0.322 e. The molecule has 10 nitrogen and oxygen atoms in total. The fourth-order valence-electron chi connectivity index (χ4n) is 4.97. The molecule has 36 heavy (non-hydrogen) atoms. The summed E-state index contributed by atoms with van der Waals surface area (Å²) in [5, 5.41) is 16.0. The van der Waals surface area contributed by atoms with Crippen LogP contribution in [0.25, 0.3) is 0 Å². The van der Waals surface area contributed by atoms with Gasteiger partial charge in [0.15, 0.2) is 0 Å². The molecule has 0 aliphatic carbocycles. The van der Waals surface area contributed by atoms with E-state index in [-0.39, 0.29) is 44.2 Å². The average molecular weight is 509 g/mol. The summed E-state index contributed by atoms with van der Waals surface area (Å²) in [5.41, 5.74) is 0.337. The highest BCUT2D eigenvalue weighted by Gasteiger charge is 2.40. The minimum absolute atomic E-state index is 0.0525. The molecular weight excluding hydrogens is 471 g/mol. The van der Waals surface area contributed by atoms with Crippen molar-refractivity contribution in [1.82, 2.24) is 15.1 Å². The van der Waals surface area contributed by atoms with Crippen molar-refractivity contribution < 1.29 is 33.3 Å². The number of urea groups is 1. The number of rotatable bonds is 7. The maximum atomic E-state index is 13.6. The Labute approximate surface area is 211 Å². The molecule has 0 radical (unpaired) electrons. The molecule has 3 N–H and O–H groups in total. The number of β-amino-alcohol motifs (C(OH)–C–C–N with tert-alkyl or cyclic N) is 1. The first-order valence-corrected chi connectivity index (χ1v) is 12.8. The van der Waals surface area contributed by atoms with Crippen molar-refractivity contribution >= 4 is 17.6 Å². The van der Waals surface area contributed by atoms with Gasteiger partial charge in [-0.3, -0.25) is 9.69 Å². The first kappa shape index (κ1) is 26.7. The van der Waals surface area contributed by atoms with Crippen LogP contribution in [0, 0.1) is 5.82 Å². The molecule has 1 aromatic carbocycles. The fourth-order valence-corrected chi connectivity index (χ4v) is 4.97. The van der Waals surface area contributed by atoms with Crippen LogP contribution >= 0.6 is 0 Å². The molecule has 200 valence electrons. The highest BCUT2D eigenvalue weighted by atomic mass is 19.1. The molecule has 4 atom stereocenters. The van der Waals surface area contributed by atoms with Crippen LogP contribution in [0.2, 0.25) is 0 Å². The van der Waals surface area contributed by atoms with E-state index < -0.39 is 24.1 Å². The Kier molecular flexibility index (Phi) is 9.88. The molecule has 0 unspecified atom stereocenters. The second kappa shape index (κ2) is 13.3. The number of anilines is 1. The third-order valence-electron chi connectivity index (χ3n) is 6.81. The number of benzene rings is 1. The van der Waals surface area contributed by atoms with Gasteiger partial charge in [-0.1, -0.05) is 6.07 Å². The predicted octanol–water partition coefficient (Wildman–Crippen LogP) is 1.20. The summed E-state index contributed by atoms with van der Waals surface area (Å²) in [6.07, 6.45) is 0.793. The number of ether oxygens (including phenoxy) is 3. The van der Waals surface area contributed by atoms with Gasteiger partial charge in [-0.15, -0.1) is 0 Å². The monoisotopic (exact) mass is 508 g/mol. The maximum absolute atomic E-state index is 13.6. The van der Waals surface area contributed by atoms with Gasteiger partial charge in [-0.05, 0) is 44.0 Å². The van der Waals surface area contributed by atoms with Gasteiger partial charge in [0.2, 0.25) is 5.91 Å². The molecule has 0 saturated carbocycles. The predicted molar refractivity (Wildman–Crippen MR) is 130 cm³/mol. The van der Waals surface area contributed by atoms with Gasteiger partial charge in [-0.25, -0.2) is 9.18 Å². The third kappa shape index (κ3) is 7.84. The number of aliphatic hydroxyl groups is 1.